The number of benzene rings is 1. The number of hydrogen-bond acceptors (Lipinski definition) is 3. The summed E-state index contributed by atoms with van der Waals surface area (Å²) in [6.45, 7) is 6.16. The van der Waals surface area contributed by atoms with Gasteiger partial charge in [-0.3, -0.25) is 4.68 Å². The van der Waals surface area contributed by atoms with Gasteiger partial charge in [-0.05, 0) is 45.0 Å². The second-order valence-corrected chi connectivity index (χ2v) is 5.93. The second kappa shape index (κ2) is 7.37. The van der Waals surface area contributed by atoms with Crippen molar-refractivity contribution in [3.05, 3.63) is 40.7 Å². The number of halogens is 1. The summed E-state index contributed by atoms with van der Waals surface area (Å²) in [4.78, 5) is 12.0. The smallest absolute Gasteiger partial charge is 0.319 e. The molecule has 0 unspecified atom stereocenters. The van der Waals surface area contributed by atoms with Gasteiger partial charge in [0.25, 0.3) is 0 Å². The van der Waals surface area contributed by atoms with Crippen LogP contribution in [0.1, 0.15) is 25.2 Å². The minimum absolute atomic E-state index is 0.0389. The summed E-state index contributed by atoms with van der Waals surface area (Å²) in [6.07, 6.45) is 0.0389. The highest BCUT2D eigenvalue weighted by molar-refractivity contribution is 6.32. The van der Waals surface area contributed by atoms with Crippen molar-refractivity contribution in [1.29, 1.82) is 0 Å². The Labute approximate surface area is 140 Å². The molecule has 23 heavy (non-hydrogen) atoms. The topological polar surface area (TPSA) is 68.2 Å². The second-order valence-electron chi connectivity index (χ2n) is 5.52. The van der Waals surface area contributed by atoms with E-state index >= 15 is 0 Å². The van der Waals surface area contributed by atoms with Gasteiger partial charge in [0.2, 0.25) is 0 Å². The Kier molecular flexibility index (Phi) is 5.50. The van der Waals surface area contributed by atoms with Crippen LogP contribution in [0.4, 0.5) is 10.5 Å². The highest BCUT2D eigenvalue weighted by atomic mass is 35.5. The zero-order valence-electron chi connectivity index (χ0n) is 13.7. The third kappa shape index (κ3) is 4.89. The Bertz CT molecular complexity index is 697. The van der Waals surface area contributed by atoms with Crippen molar-refractivity contribution < 1.29 is 9.53 Å². The molecule has 7 heteroatoms. The van der Waals surface area contributed by atoms with Gasteiger partial charge in [-0.1, -0.05) is 11.6 Å². The average molecular weight is 337 g/mol. The van der Waals surface area contributed by atoms with Crippen LogP contribution >= 0.6 is 11.6 Å². The molecule has 0 aliphatic rings. The molecule has 0 spiro atoms. The van der Waals surface area contributed by atoms with Crippen LogP contribution in [-0.2, 0) is 13.6 Å². The van der Waals surface area contributed by atoms with Crippen LogP contribution in [0.15, 0.2) is 24.3 Å². The van der Waals surface area contributed by atoms with Crippen molar-refractivity contribution in [2.75, 3.05) is 5.32 Å². The Hall–Kier alpha value is -2.21. The third-order valence-electron chi connectivity index (χ3n) is 3.08. The standard InChI is InChI=1S/C16H21ClN4O2/c1-10(2)23-15-6-5-12(8-14(15)17)19-16(22)18-9-13-7-11(3)20-21(13)4/h5-8,10H,9H2,1-4H3,(H2,18,19,22). The van der Waals surface area contributed by atoms with Gasteiger partial charge in [0, 0.05) is 12.7 Å². The van der Waals surface area contributed by atoms with Crippen LogP contribution in [0.5, 0.6) is 5.75 Å². The van der Waals surface area contributed by atoms with Crippen LogP contribution in [0.2, 0.25) is 5.02 Å². The summed E-state index contributed by atoms with van der Waals surface area (Å²) in [5.74, 6) is 0.595. The van der Waals surface area contributed by atoms with Gasteiger partial charge in [0.05, 0.1) is 29.1 Å². The fourth-order valence-corrected chi connectivity index (χ4v) is 2.33. The maximum atomic E-state index is 12.0. The Morgan fingerprint density at radius 1 is 1.39 bits per heavy atom. The molecule has 2 aromatic rings. The van der Waals surface area contributed by atoms with Crippen LogP contribution in [0, 0.1) is 6.92 Å². The van der Waals surface area contributed by atoms with Crippen molar-refractivity contribution in [3.8, 4) is 5.75 Å². The molecule has 0 aliphatic heterocycles. The lowest BCUT2D eigenvalue weighted by Gasteiger charge is -2.13. The lowest BCUT2D eigenvalue weighted by molar-refractivity contribution is 0.242. The number of aryl methyl sites for hydroxylation is 2. The average Bonchev–Trinajstić information content (AvgIpc) is 2.77. The number of anilines is 1. The summed E-state index contributed by atoms with van der Waals surface area (Å²) in [5.41, 5.74) is 2.44. The number of aromatic nitrogens is 2. The molecule has 0 radical (unpaired) electrons. The zero-order chi connectivity index (χ0) is 17.0. The van der Waals surface area contributed by atoms with E-state index in [9.17, 15) is 4.79 Å². The van der Waals surface area contributed by atoms with E-state index in [4.69, 9.17) is 16.3 Å². The number of nitrogens with one attached hydrogen (secondary N) is 2. The molecule has 2 N–H and O–H groups in total. The third-order valence-corrected chi connectivity index (χ3v) is 3.38. The molecule has 0 saturated carbocycles. The number of amides is 2. The van der Waals surface area contributed by atoms with Crippen molar-refractivity contribution in [1.82, 2.24) is 15.1 Å². The molecule has 0 fully saturated rings. The zero-order valence-corrected chi connectivity index (χ0v) is 14.4. The van der Waals surface area contributed by atoms with Crippen LogP contribution in [0.25, 0.3) is 0 Å². The fourth-order valence-electron chi connectivity index (χ4n) is 2.10. The lowest BCUT2D eigenvalue weighted by atomic mass is 10.3. The van der Waals surface area contributed by atoms with Crippen molar-refractivity contribution in [2.24, 2.45) is 7.05 Å². The van der Waals surface area contributed by atoms with Crippen molar-refractivity contribution in [3.63, 3.8) is 0 Å². The monoisotopic (exact) mass is 336 g/mol. The molecule has 0 aliphatic carbocycles. The molecule has 0 atom stereocenters. The Balaban J connectivity index is 1.92. The molecule has 2 rings (SSSR count). The van der Waals surface area contributed by atoms with Gasteiger partial charge in [-0.15, -0.1) is 0 Å². The highest BCUT2D eigenvalue weighted by Gasteiger charge is 2.08. The molecular weight excluding hydrogens is 316 g/mol. The summed E-state index contributed by atoms with van der Waals surface area (Å²) in [7, 11) is 1.84. The van der Waals surface area contributed by atoms with E-state index < -0.39 is 0 Å². The number of hydrogen-bond donors (Lipinski definition) is 2. The van der Waals surface area contributed by atoms with E-state index in [1.54, 1.807) is 22.9 Å². The Morgan fingerprint density at radius 2 is 2.13 bits per heavy atom. The Morgan fingerprint density at radius 3 is 2.70 bits per heavy atom. The maximum Gasteiger partial charge on any atom is 0.319 e. The van der Waals surface area contributed by atoms with E-state index in [2.05, 4.69) is 15.7 Å². The lowest BCUT2D eigenvalue weighted by Crippen LogP contribution is -2.29. The number of urea groups is 1. The van der Waals surface area contributed by atoms with E-state index in [1.807, 2.05) is 33.9 Å². The van der Waals surface area contributed by atoms with Gasteiger partial charge < -0.3 is 15.4 Å². The van der Waals surface area contributed by atoms with Crippen LogP contribution < -0.4 is 15.4 Å². The molecule has 0 bridgehead atoms. The number of nitrogens with zero attached hydrogens (tertiary/aromatic N) is 2. The highest BCUT2D eigenvalue weighted by Crippen LogP contribution is 2.28. The summed E-state index contributed by atoms with van der Waals surface area (Å²) in [6, 6.07) is 6.76. The summed E-state index contributed by atoms with van der Waals surface area (Å²) >= 11 is 6.15. The van der Waals surface area contributed by atoms with Crippen LogP contribution in [-0.4, -0.2) is 21.9 Å². The largest absolute Gasteiger partial charge is 0.489 e. The summed E-state index contributed by atoms with van der Waals surface area (Å²) in [5, 5.41) is 10.2. The SMILES string of the molecule is Cc1cc(CNC(=O)Nc2ccc(OC(C)C)c(Cl)c2)n(C)n1. The summed E-state index contributed by atoms with van der Waals surface area (Å²) < 4.78 is 7.30. The van der Waals surface area contributed by atoms with Crippen LogP contribution in [0.3, 0.4) is 0 Å². The number of carbonyl (C=O) groups is 1. The number of ether oxygens (including phenoxy) is 1. The van der Waals surface area contributed by atoms with E-state index in [-0.39, 0.29) is 12.1 Å². The number of carbonyl (C=O) groups excluding carboxylic acids is 1. The maximum absolute atomic E-state index is 12.0. The minimum atomic E-state index is -0.308. The quantitative estimate of drug-likeness (QED) is 0.878. The van der Waals surface area contributed by atoms with E-state index in [0.717, 1.165) is 11.4 Å². The molecule has 0 saturated heterocycles. The number of rotatable bonds is 5. The van der Waals surface area contributed by atoms with Gasteiger partial charge >= 0.3 is 6.03 Å². The molecule has 6 nitrogen and oxygen atoms in total. The van der Waals surface area contributed by atoms with Gasteiger partial charge in [0.15, 0.2) is 0 Å². The minimum Gasteiger partial charge on any atom is -0.489 e. The molecular formula is C16H21ClN4O2. The van der Waals surface area contributed by atoms with E-state index in [1.165, 1.54) is 0 Å². The normalized spacial score (nSPS) is 10.7. The van der Waals surface area contributed by atoms with Gasteiger partial charge in [-0.25, -0.2) is 4.79 Å². The predicted molar refractivity (Wildman–Crippen MR) is 91.0 cm³/mol. The molecule has 1 heterocycles. The fraction of sp³-hybridized carbons (Fsp3) is 0.375. The first kappa shape index (κ1) is 17.1. The molecule has 2 amide bonds. The van der Waals surface area contributed by atoms with Crippen molar-refractivity contribution in [2.45, 2.75) is 33.4 Å². The molecule has 1 aromatic carbocycles. The van der Waals surface area contributed by atoms with E-state index in [0.29, 0.717) is 23.0 Å². The predicted octanol–water partition coefficient (Wildman–Crippen LogP) is 3.49. The van der Waals surface area contributed by atoms with Gasteiger partial charge in [0.1, 0.15) is 5.75 Å². The first-order chi connectivity index (χ1) is 10.8. The molecule has 124 valence electrons. The first-order valence-electron chi connectivity index (χ1n) is 7.35. The van der Waals surface area contributed by atoms with Gasteiger partial charge in [-0.2, -0.15) is 5.10 Å². The first-order valence-corrected chi connectivity index (χ1v) is 7.73. The molecule has 1 aromatic heterocycles. The van der Waals surface area contributed by atoms with Crippen molar-refractivity contribution >= 4 is 23.3 Å².